The Labute approximate surface area is 136 Å². The maximum atomic E-state index is 6.14. The summed E-state index contributed by atoms with van der Waals surface area (Å²) in [4.78, 5) is 8.64. The van der Waals surface area contributed by atoms with Crippen LogP contribution in [0.1, 0.15) is 11.3 Å². The van der Waals surface area contributed by atoms with Crippen molar-refractivity contribution >= 4 is 55.1 Å². The molecular weight excluding hydrogens is 417 g/mol. The highest BCUT2D eigenvalue weighted by Crippen LogP contribution is 2.32. The minimum absolute atomic E-state index is 0.243. The standard InChI is InChI=1S/C12H7Br2Cl2N3/c13-9-3-4-10(14)19(9)11-7-5-6(15)1-2-8(7)17-12(16)18-11/h1,3-4H,2,5H2. The summed E-state index contributed by atoms with van der Waals surface area (Å²) in [6, 6.07) is 3.87. The number of halogens is 4. The number of aromatic nitrogens is 3. The quantitative estimate of drug-likeness (QED) is 0.624. The fourth-order valence-corrected chi connectivity index (χ4v) is 3.68. The lowest BCUT2D eigenvalue weighted by Crippen LogP contribution is -2.12. The summed E-state index contributed by atoms with van der Waals surface area (Å²) < 4.78 is 3.71. The van der Waals surface area contributed by atoms with E-state index in [-0.39, 0.29) is 5.28 Å². The number of rotatable bonds is 1. The molecule has 0 amide bonds. The smallest absolute Gasteiger partial charge is 0.224 e. The molecule has 0 atom stereocenters. The van der Waals surface area contributed by atoms with Crippen molar-refractivity contribution in [1.29, 1.82) is 0 Å². The van der Waals surface area contributed by atoms with Crippen LogP contribution < -0.4 is 0 Å². The van der Waals surface area contributed by atoms with Crippen LogP contribution in [0.25, 0.3) is 5.82 Å². The molecule has 0 unspecified atom stereocenters. The molecule has 0 spiro atoms. The lowest BCUT2D eigenvalue weighted by molar-refractivity contribution is 0.869. The first-order valence-electron chi connectivity index (χ1n) is 5.49. The minimum atomic E-state index is 0.243. The highest BCUT2D eigenvalue weighted by molar-refractivity contribution is 9.11. The Hall–Kier alpha value is -0.360. The van der Waals surface area contributed by atoms with E-state index in [2.05, 4.69) is 41.8 Å². The Balaban J connectivity index is 2.26. The van der Waals surface area contributed by atoms with Crippen molar-refractivity contribution in [2.75, 3.05) is 0 Å². The van der Waals surface area contributed by atoms with Crippen LogP contribution in [0.3, 0.4) is 0 Å². The SMILES string of the molecule is ClC1=CCc2nc(Cl)nc(-n3c(Br)ccc3Br)c2C1. The van der Waals surface area contributed by atoms with Gasteiger partial charge in [-0.05, 0) is 55.6 Å². The highest BCUT2D eigenvalue weighted by atomic mass is 79.9. The molecule has 1 aliphatic rings. The van der Waals surface area contributed by atoms with Gasteiger partial charge in [0.1, 0.15) is 5.82 Å². The molecule has 0 bridgehead atoms. The summed E-state index contributed by atoms with van der Waals surface area (Å²) in [6.07, 6.45) is 3.26. The maximum absolute atomic E-state index is 6.14. The van der Waals surface area contributed by atoms with Crippen molar-refractivity contribution in [3.05, 3.63) is 49.0 Å². The molecule has 3 rings (SSSR count). The minimum Gasteiger partial charge on any atom is -0.282 e. The zero-order valence-corrected chi connectivity index (χ0v) is 14.2. The molecular formula is C12H7Br2Cl2N3. The molecule has 2 aromatic rings. The third kappa shape index (κ3) is 2.49. The predicted molar refractivity (Wildman–Crippen MR) is 83.1 cm³/mol. The van der Waals surface area contributed by atoms with E-state index in [9.17, 15) is 0 Å². The molecule has 1 aliphatic carbocycles. The van der Waals surface area contributed by atoms with Crippen molar-refractivity contribution in [3.8, 4) is 5.82 Å². The molecule has 0 aromatic carbocycles. The Morgan fingerprint density at radius 1 is 1.11 bits per heavy atom. The molecule has 0 radical (unpaired) electrons. The van der Waals surface area contributed by atoms with Gasteiger partial charge in [0.2, 0.25) is 5.28 Å². The van der Waals surface area contributed by atoms with Gasteiger partial charge in [0.15, 0.2) is 0 Å². The van der Waals surface area contributed by atoms with Crippen LogP contribution in [0.5, 0.6) is 0 Å². The molecule has 0 fully saturated rings. The van der Waals surface area contributed by atoms with Crippen LogP contribution in [0, 0.1) is 0 Å². The van der Waals surface area contributed by atoms with Crippen molar-refractivity contribution in [1.82, 2.24) is 14.5 Å². The molecule has 7 heteroatoms. The lowest BCUT2D eigenvalue weighted by Gasteiger charge is -2.18. The van der Waals surface area contributed by atoms with Gasteiger partial charge < -0.3 is 0 Å². The van der Waals surface area contributed by atoms with E-state index in [1.807, 2.05) is 22.8 Å². The average Bonchev–Trinajstić information content (AvgIpc) is 2.69. The van der Waals surface area contributed by atoms with Crippen LogP contribution in [-0.2, 0) is 12.8 Å². The molecule has 2 aromatic heterocycles. The van der Waals surface area contributed by atoms with Crippen molar-refractivity contribution in [2.45, 2.75) is 12.8 Å². The van der Waals surface area contributed by atoms with Crippen molar-refractivity contribution in [2.24, 2.45) is 0 Å². The van der Waals surface area contributed by atoms with Crippen molar-refractivity contribution in [3.63, 3.8) is 0 Å². The molecule has 3 nitrogen and oxygen atoms in total. The van der Waals surface area contributed by atoms with Gasteiger partial charge in [0.25, 0.3) is 0 Å². The summed E-state index contributed by atoms with van der Waals surface area (Å²) in [6.45, 7) is 0. The third-order valence-corrected chi connectivity index (χ3v) is 4.60. The van der Waals surface area contributed by atoms with E-state index in [0.29, 0.717) is 12.8 Å². The topological polar surface area (TPSA) is 30.7 Å². The second-order valence-electron chi connectivity index (χ2n) is 4.09. The van der Waals surface area contributed by atoms with Gasteiger partial charge in [0, 0.05) is 23.4 Å². The van der Waals surface area contributed by atoms with E-state index < -0.39 is 0 Å². The Bertz CT molecular complexity index is 675. The number of allylic oxidation sites excluding steroid dienone is 2. The first kappa shape index (κ1) is 13.6. The zero-order chi connectivity index (χ0) is 13.6. The van der Waals surface area contributed by atoms with E-state index in [4.69, 9.17) is 23.2 Å². The lowest BCUT2D eigenvalue weighted by atomic mass is 10.0. The number of nitrogens with zero attached hydrogens (tertiary/aromatic N) is 3. The maximum Gasteiger partial charge on any atom is 0.224 e. The van der Waals surface area contributed by atoms with Crippen LogP contribution in [0.2, 0.25) is 5.28 Å². The van der Waals surface area contributed by atoms with Crippen molar-refractivity contribution < 1.29 is 0 Å². The van der Waals surface area contributed by atoms with E-state index >= 15 is 0 Å². The van der Waals surface area contributed by atoms with Gasteiger partial charge >= 0.3 is 0 Å². The van der Waals surface area contributed by atoms with E-state index in [0.717, 1.165) is 31.3 Å². The second kappa shape index (κ2) is 5.20. The molecule has 0 aliphatic heterocycles. The van der Waals surface area contributed by atoms with Gasteiger partial charge in [-0.2, -0.15) is 4.98 Å². The van der Waals surface area contributed by atoms with E-state index in [1.165, 1.54) is 0 Å². The summed E-state index contributed by atoms with van der Waals surface area (Å²) >= 11 is 19.2. The second-order valence-corrected chi connectivity index (χ2v) is 6.54. The molecule has 0 N–H and O–H groups in total. The Morgan fingerprint density at radius 2 is 1.79 bits per heavy atom. The largest absolute Gasteiger partial charge is 0.282 e. The van der Waals surface area contributed by atoms with Gasteiger partial charge in [-0.3, -0.25) is 4.57 Å². The summed E-state index contributed by atoms with van der Waals surface area (Å²) in [5, 5.41) is 1.05. The predicted octanol–water partition coefficient (Wildman–Crippen LogP) is 4.67. The first-order valence-corrected chi connectivity index (χ1v) is 7.83. The fourth-order valence-electron chi connectivity index (χ4n) is 2.06. The summed E-state index contributed by atoms with van der Waals surface area (Å²) in [5.74, 6) is 0.755. The van der Waals surface area contributed by atoms with Crippen LogP contribution >= 0.6 is 55.1 Å². The molecule has 98 valence electrons. The Morgan fingerprint density at radius 3 is 2.47 bits per heavy atom. The van der Waals surface area contributed by atoms with Gasteiger partial charge in [-0.15, -0.1) is 0 Å². The van der Waals surface area contributed by atoms with E-state index in [1.54, 1.807) is 0 Å². The van der Waals surface area contributed by atoms with Crippen LogP contribution in [0.4, 0.5) is 0 Å². The van der Waals surface area contributed by atoms with Gasteiger partial charge in [-0.25, -0.2) is 4.98 Å². The number of hydrogen-bond donors (Lipinski definition) is 0. The third-order valence-electron chi connectivity index (χ3n) is 2.90. The molecule has 2 heterocycles. The molecule has 19 heavy (non-hydrogen) atoms. The Kier molecular flexibility index (Phi) is 3.73. The molecule has 0 saturated heterocycles. The normalized spacial score (nSPS) is 14.2. The van der Waals surface area contributed by atoms with Gasteiger partial charge in [-0.1, -0.05) is 17.7 Å². The highest BCUT2D eigenvalue weighted by Gasteiger charge is 2.21. The first-order chi connectivity index (χ1) is 9.06. The van der Waals surface area contributed by atoms with Crippen LogP contribution in [0.15, 0.2) is 32.4 Å². The number of hydrogen-bond acceptors (Lipinski definition) is 2. The van der Waals surface area contributed by atoms with Gasteiger partial charge in [0.05, 0.1) is 14.9 Å². The fraction of sp³-hybridized carbons (Fsp3) is 0.167. The zero-order valence-electron chi connectivity index (χ0n) is 9.50. The van der Waals surface area contributed by atoms with Crippen LogP contribution in [-0.4, -0.2) is 14.5 Å². The summed E-state index contributed by atoms with van der Waals surface area (Å²) in [5.41, 5.74) is 1.93. The molecule has 0 saturated carbocycles. The monoisotopic (exact) mass is 421 g/mol. The average molecular weight is 424 g/mol. The summed E-state index contributed by atoms with van der Waals surface area (Å²) in [7, 11) is 0. The number of fused-ring (bicyclic) bond motifs is 1.